The van der Waals surface area contributed by atoms with Gasteiger partial charge in [-0.25, -0.2) is 0 Å². The minimum Gasteiger partial charge on any atom is -0.348 e. The Morgan fingerprint density at radius 3 is 2.80 bits per heavy atom. The van der Waals surface area contributed by atoms with Gasteiger partial charge in [-0.2, -0.15) is 4.37 Å². The number of aromatic nitrogens is 1. The summed E-state index contributed by atoms with van der Waals surface area (Å²) in [6, 6.07) is 0.807. The zero-order valence-electron chi connectivity index (χ0n) is 12.4. The van der Waals surface area contributed by atoms with E-state index in [2.05, 4.69) is 35.4 Å². The molecule has 0 spiro atoms. The molecule has 1 N–H and O–H groups in total. The van der Waals surface area contributed by atoms with Crippen molar-refractivity contribution in [1.29, 1.82) is 0 Å². The monoisotopic (exact) mass is 293 g/mol. The van der Waals surface area contributed by atoms with Crippen molar-refractivity contribution in [2.24, 2.45) is 5.92 Å². The molecule has 2 aliphatic rings. The van der Waals surface area contributed by atoms with Gasteiger partial charge in [0.1, 0.15) is 0 Å². The van der Waals surface area contributed by atoms with Gasteiger partial charge in [0.05, 0.1) is 11.3 Å². The minimum atomic E-state index is 0.0723. The van der Waals surface area contributed by atoms with Gasteiger partial charge in [-0.3, -0.25) is 9.69 Å². The van der Waals surface area contributed by atoms with Crippen LogP contribution in [0.1, 0.15) is 55.6 Å². The minimum absolute atomic E-state index is 0.0723. The SMILES string of the molecule is CC(C)N1C[C@H](C)[C@H](NC(=O)c2csnc2C2CC2)C1. The molecule has 1 aromatic heterocycles. The van der Waals surface area contributed by atoms with Crippen molar-refractivity contribution in [1.82, 2.24) is 14.6 Å². The molecule has 2 fully saturated rings. The van der Waals surface area contributed by atoms with Crippen LogP contribution in [0.25, 0.3) is 0 Å². The van der Waals surface area contributed by atoms with Gasteiger partial charge in [-0.1, -0.05) is 6.92 Å². The second-order valence-electron chi connectivity index (χ2n) is 6.49. The van der Waals surface area contributed by atoms with Crippen molar-refractivity contribution in [3.05, 3.63) is 16.6 Å². The Labute approximate surface area is 124 Å². The van der Waals surface area contributed by atoms with Crippen LogP contribution >= 0.6 is 11.5 Å². The van der Waals surface area contributed by atoms with Crippen LogP contribution in [0, 0.1) is 5.92 Å². The molecular formula is C15H23N3OS. The van der Waals surface area contributed by atoms with E-state index in [1.54, 1.807) is 0 Å². The number of nitrogens with zero attached hydrogens (tertiary/aromatic N) is 2. The Morgan fingerprint density at radius 2 is 2.20 bits per heavy atom. The second-order valence-corrected chi connectivity index (χ2v) is 7.12. The van der Waals surface area contributed by atoms with Crippen LogP contribution in [0.5, 0.6) is 0 Å². The fraction of sp³-hybridized carbons (Fsp3) is 0.733. The van der Waals surface area contributed by atoms with E-state index in [0.717, 1.165) is 24.3 Å². The lowest BCUT2D eigenvalue weighted by molar-refractivity contribution is 0.0930. The van der Waals surface area contributed by atoms with Crippen LogP contribution < -0.4 is 5.32 Å². The molecule has 0 bridgehead atoms. The number of amides is 1. The zero-order valence-corrected chi connectivity index (χ0v) is 13.2. The molecule has 1 saturated heterocycles. The predicted molar refractivity (Wildman–Crippen MR) is 81.2 cm³/mol. The first kappa shape index (κ1) is 14.0. The fourth-order valence-corrected chi connectivity index (χ4v) is 3.67. The summed E-state index contributed by atoms with van der Waals surface area (Å²) < 4.78 is 4.41. The summed E-state index contributed by atoms with van der Waals surface area (Å²) in [4.78, 5) is 14.9. The molecule has 1 aliphatic carbocycles. The van der Waals surface area contributed by atoms with E-state index in [9.17, 15) is 4.79 Å². The van der Waals surface area contributed by atoms with Crippen LogP contribution in [-0.4, -0.2) is 40.4 Å². The molecule has 0 unspecified atom stereocenters. The lowest BCUT2D eigenvalue weighted by Crippen LogP contribution is -2.40. The number of likely N-dealkylation sites (tertiary alicyclic amines) is 1. The predicted octanol–water partition coefficient (Wildman–Crippen LogP) is 2.48. The molecule has 4 nitrogen and oxygen atoms in total. The zero-order chi connectivity index (χ0) is 14.3. The molecule has 2 atom stereocenters. The summed E-state index contributed by atoms with van der Waals surface area (Å²) >= 11 is 1.41. The maximum Gasteiger partial charge on any atom is 0.254 e. The summed E-state index contributed by atoms with van der Waals surface area (Å²) in [6.45, 7) is 8.68. The van der Waals surface area contributed by atoms with Crippen molar-refractivity contribution in [3.8, 4) is 0 Å². The molecule has 110 valence electrons. The first-order chi connectivity index (χ1) is 9.56. The third-order valence-electron chi connectivity index (χ3n) is 4.49. The van der Waals surface area contributed by atoms with Gasteiger partial charge in [-0.15, -0.1) is 0 Å². The highest BCUT2D eigenvalue weighted by atomic mass is 32.1. The highest BCUT2D eigenvalue weighted by molar-refractivity contribution is 7.04. The molecule has 1 saturated carbocycles. The van der Waals surface area contributed by atoms with E-state index in [1.165, 1.54) is 24.4 Å². The Hall–Kier alpha value is -0.940. The number of carbonyl (C=O) groups is 1. The van der Waals surface area contributed by atoms with Crippen molar-refractivity contribution in [2.75, 3.05) is 13.1 Å². The lowest BCUT2D eigenvalue weighted by Gasteiger charge is -2.20. The van der Waals surface area contributed by atoms with Crippen molar-refractivity contribution < 1.29 is 4.79 Å². The van der Waals surface area contributed by atoms with E-state index in [1.807, 2.05) is 5.38 Å². The van der Waals surface area contributed by atoms with Crippen molar-refractivity contribution in [3.63, 3.8) is 0 Å². The maximum atomic E-state index is 12.5. The molecule has 0 radical (unpaired) electrons. The maximum absolute atomic E-state index is 12.5. The molecule has 1 aliphatic heterocycles. The third kappa shape index (κ3) is 2.74. The standard InChI is InChI=1S/C15H23N3OS/c1-9(2)18-6-10(3)13(7-18)16-15(19)12-8-20-17-14(12)11-4-5-11/h8-11,13H,4-7H2,1-3H3,(H,16,19)/t10-,13+/m0/s1. The number of hydrogen-bond acceptors (Lipinski definition) is 4. The van der Waals surface area contributed by atoms with E-state index < -0.39 is 0 Å². The smallest absolute Gasteiger partial charge is 0.254 e. The Bertz CT molecular complexity index is 495. The van der Waals surface area contributed by atoms with Crippen molar-refractivity contribution in [2.45, 2.75) is 51.6 Å². The molecule has 0 aromatic carbocycles. The van der Waals surface area contributed by atoms with Gasteiger partial charge in [0.2, 0.25) is 0 Å². The second kappa shape index (κ2) is 5.45. The van der Waals surface area contributed by atoms with E-state index in [-0.39, 0.29) is 11.9 Å². The van der Waals surface area contributed by atoms with Gasteiger partial charge in [0.25, 0.3) is 5.91 Å². The van der Waals surface area contributed by atoms with Crippen LogP contribution in [-0.2, 0) is 0 Å². The van der Waals surface area contributed by atoms with Gasteiger partial charge in [0.15, 0.2) is 0 Å². The highest BCUT2D eigenvalue weighted by Gasteiger charge is 2.34. The number of hydrogen-bond donors (Lipinski definition) is 1. The summed E-state index contributed by atoms with van der Waals surface area (Å²) in [7, 11) is 0. The largest absolute Gasteiger partial charge is 0.348 e. The van der Waals surface area contributed by atoms with Gasteiger partial charge >= 0.3 is 0 Å². The van der Waals surface area contributed by atoms with Gasteiger partial charge < -0.3 is 5.32 Å². The first-order valence-electron chi connectivity index (χ1n) is 7.55. The van der Waals surface area contributed by atoms with Crippen LogP contribution in [0.2, 0.25) is 0 Å². The van der Waals surface area contributed by atoms with Gasteiger partial charge in [0, 0.05) is 36.5 Å². The lowest BCUT2D eigenvalue weighted by atomic mass is 10.1. The van der Waals surface area contributed by atoms with E-state index in [4.69, 9.17) is 0 Å². The van der Waals surface area contributed by atoms with E-state index >= 15 is 0 Å². The third-order valence-corrected chi connectivity index (χ3v) is 5.14. The Kier molecular flexibility index (Phi) is 3.82. The number of carbonyl (C=O) groups excluding carboxylic acids is 1. The number of nitrogens with one attached hydrogen (secondary N) is 1. The fourth-order valence-electron chi connectivity index (χ4n) is 2.93. The Balaban J connectivity index is 1.65. The van der Waals surface area contributed by atoms with Gasteiger partial charge in [-0.05, 0) is 44.1 Å². The Morgan fingerprint density at radius 1 is 1.45 bits per heavy atom. The highest BCUT2D eigenvalue weighted by Crippen LogP contribution is 2.41. The molecule has 2 heterocycles. The van der Waals surface area contributed by atoms with Crippen LogP contribution in [0.3, 0.4) is 0 Å². The molecule has 1 aromatic rings. The van der Waals surface area contributed by atoms with Crippen LogP contribution in [0.15, 0.2) is 5.38 Å². The summed E-state index contributed by atoms with van der Waals surface area (Å²) in [5.74, 6) is 1.12. The number of rotatable bonds is 4. The molecule has 3 rings (SSSR count). The van der Waals surface area contributed by atoms with Crippen LogP contribution in [0.4, 0.5) is 0 Å². The van der Waals surface area contributed by atoms with E-state index in [0.29, 0.717) is 17.9 Å². The quantitative estimate of drug-likeness (QED) is 0.927. The summed E-state index contributed by atoms with van der Waals surface area (Å²) in [5, 5.41) is 5.13. The average molecular weight is 293 g/mol. The molecule has 5 heteroatoms. The molecule has 1 amide bonds. The topological polar surface area (TPSA) is 45.2 Å². The first-order valence-corrected chi connectivity index (χ1v) is 8.39. The average Bonchev–Trinajstić information content (AvgIpc) is 3.01. The normalized spacial score (nSPS) is 27.2. The van der Waals surface area contributed by atoms with Crippen molar-refractivity contribution >= 4 is 17.4 Å². The molecular weight excluding hydrogens is 270 g/mol. The molecule has 20 heavy (non-hydrogen) atoms. The summed E-state index contributed by atoms with van der Waals surface area (Å²) in [5.41, 5.74) is 1.84. The summed E-state index contributed by atoms with van der Waals surface area (Å²) in [6.07, 6.45) is 2.37.